The van der Waals surface area contributed by atoms with Crippen molar-refractivity contribution < 1.29 is 19.1 Å². The molecule has 0 saturated heterocycles. The lowest BCUT2D eigenvalue weighted by molar-refractivity contribution is 0.0517. The van der Waals surface area contributed by atoms with Crippen LogP contribution in [0.15, 0.2) is 53.8 Å². The van der Waals surface area contributed by atoms with E-state index in [2.05, 4.69) is 10.6 Å². The van der Waals surface area contributed by atoms with Crippen LogP contribution in [-0.2, 0) is 9.47 Å². The normalized spacial score (nSPS) is 15.9. The molecule has 2 fully saturated rings. The van der Waals surface area contributed by atoms with Crippen molar-refractivity contribution in [3.63, 3.8) is 0 Å². The number of rotatable bonds is 9. The first-order chi connectivity index (χ1) is 18.5. The monoisotopic (exact) mass is 523 g/mol. The predicted molar refractivity (Wildman–Crippen MR) is 150 cm³/mol. The Morgan fingerprint density at radius 1 is 0.763 bits per heavy atom. The van der Waals surface area contributed by atoms with Gasteiger partial charge in [-0.3, -0.25) is 0 Å². The standard InChI is InChI=1S/C15H20N2O3.C15H21NO2/c1-2-20-15(18)12-8-10-14(11-9-12)17(16-19)13-6-4-3-5-7-13;1-2-18-15(17)12-8-10-14(11-9-12)16-13-6-4-3-5-7-13/h8-11,13H,2-7H2,1H3;8-11,13,16H,2-7H2,1H3. The second-order valence-corrected chi connectivity index (χ2v) is 9.76. The molecule has 0 bridgehead atoms. The number of hydrogen-bond donors (Lipinski definition) is 1. The Balaban J connectivity index is 0.000000212. The van der Waals surface area contributed by atoms with Gasteiger partial charge in [0.2, 0.25) is 0 Å². The van der Waals surface area contributed by atoms with Gasteiger partial charge in [0, 0.05) is 11.7 Å². The van der Waals surface area contributed by atoms with Gasteiger partial charge in [0.15, 0.2) is 0 Å². The molecular weight excluding hydrogens is 482 g/mol. The summed E-state index contributed by atoms with van der Waals surface area (Å²) < 4.78 is 9.89. The second-order valence-electron chi connectivity index (χ2n) is 9.76. The molecule has 4 rings (SSSR count). The summed E-state index contributed by atoms with van der Waals surface area (Å²) in [4.78, 5) is 34.2. The summed E-state index contributed by atoms with van der Waals surface area (Å²) in [6.07, 6.45) is 12.0. The maximum Gasteiger partial charge on any atom is 0.338 e. The average molecular weight is 524 g/mol. The Morgan fingerprint density at radius 3 is 1.71 bits per heavy atom. The molecule has 1 N–H and O–H groups in total. The molecule has 2 aliphatic carbocycles. The van der Waals surface area contributed by atoms with Gasteiger partial charge in [0.25, 0.3) is 0 Å². The lowest BCUT2D eigenvalue weighted by atomic mass is 9.95. The lowest BCUT2D eigenvalue weighted by Gasteiger charge is -2.29. The van der Waals surface area contributed by atoms with E-state index in [1.165, 1.54) is 43.5 Å². The molecular formula is C30H41N3O5. The predicted octanol–water partition coefficient (Wildman–Crippen LogP) is 7.29. The van der Waals surface area contributed by atoms with Gasteiger partial charge in [-0.2, -0.15) is 0 Å². The van der Waals surface area contributed by atoms with Gasteiger partial charge in [-0.25, -0.2) is 14.6 Å². The third-order valence-electron chi connectivity index (χ3n) is 7.02. The van der Waals surface area contributed by atoms with Crippen molar-refractivity contribution in [2.45, 2.75) is 90.1 Å². The number of nitroso groups, excluding NO2 is 1. The van der Waals surface area contributed by atoms with E-state index >= 15 is 0 Å². The highest BCUT2D eigenvalue weighted by atomic mass is 16.5. The summed E-state index contributed by atoms with van der Waals surface area (Å²) in [6, 6.07) is 15.2. The fourth-order valence-electron chi connectivity index (χ4n) is 5.01. The highest BCUT2D eigenvalue weighted by molar-refractivity contribution is 5.90. The third kappa shape index (κ3) is 8.85. The van der Waals surface area contributed by atoms with Crippen molar-refractivity contribution in [2.24, 2.45) is 5.29 Å². The molecule has 2 aromatic rings. The second kappa shape index (κ2) is 15.7. The van der Waals surface area contributed by atoms with Crippen LogP contribution in [0.3, 0.4) is 0 Å². The fourth-order valence-corrected chi connectivity index (χ4v) is 5.01. The van der Waals surface area contributed by atoms with Crippen LogP contribution in [0.2, 0.25) is 0 Å². The van der Waals surface area contributed by atoms with Crippen molar-refractivity contribution in [3.8, 4) is 0 Å². The van der Waals surface area contributed by atoms with Crippen molar-refractivity contribution >= 4 is 23.3 Å². The van der Waals surface area contributed by atoms with Gasteiger partial charge >= 0.3 is 11.9 Å². The molecule has 0 aliphatic heterocycles. The number of esters is 2. The molecule has 206 valence electrons. The number of hydrogen-bond acceptors (Lipinski definition) is 7. The first kappa shape index (κ1) is 29.1. The molecule has 2 saturated carbocycles. The zero-order chi connectivity index (χ0) is 27.2. The number of carbonyl (C=O) groups is 2. The molecule has 8 nitrogen and oxygen atoms in total. The molecule has 0 heterocycles. The lowest BCUT2D eigenvalue weighted by Crippen LogP contribution is -2.32. The molecule has 0 radical (unpaired) electrons. The van der Waals surface area contributed by atoms with E-state index in [1.807, 2.05) is 31.2 Å². The Bertz CT molecular complexity index is 998. The minimum absolute atomic E-state index is 0.176. The van der Waals surface area contributed by atoms with Gasteiger partial charge in [-0.05, 0) is 88.1 Å². The number of carbonyl (C=O) groups excluding carboxylic acids is 2. The summed E-state index contributed by atoms with van der Waals surface area (Å²) >= 11 is 0. The molecule has 38 heavy (non-hydrogen) atoms. The summed E-state index contributed by atoms with van der Waals surface area (Å²) in [5.74, 6) is -0.593. The van der Waals surface area contributed by atoms with Crippen LogP contribution in [0, 0.1) is 4.91 Å². The Hall–Kier alpha value is -3.42. The summed E-state index contributed by atoms with van der Waals surface area (Å²) in [6.45, 7) is 4.36. The highest BCUT2D eigenvalue weighted by Gasteiger charge is 2.22. The van der Waals surface area contributed by atoms with Gasteiger partial charge in [-0.1, -0.05) is 38.5 Å². The average Bonchev–Trinajstić information content (AvgIpc) is 2.96. The number of benzene rings is 2. The maximum atomic E-state index is 11.6. The zero-order valence-electron chi connectivity index (χ0n) is 22.7. The van der Waals surface area contributed by atoms with E-state index in [0.29, 0.717) is 30.4 Å². The van der Waals surface area contributed by atoms with Gasteiger partial charge in [0.05, 0.1) is 41.4 Å². The molecule has 2 aliphatic rings. The summed E-state index contributed by atoms with van der Waals surface area (Å²) in [7, 11) is 0. The Kier molecular flexibility index (Phi) is 12.1. The van der Waals surface area contributed by atoms with Gasteiger partial charge in [0.1, 0.15) is 0 Å². The third-order valence-corrected chi connectivity index (χ3v) is 7.02. The van der Waals surface area contributed by atoms with Crippen LogP contribution < -0.4 is 10.3 Å². The first-order valence-corrected chi connectivity index (χ1v) is 14.0. The van der Waals surface area contributed by atoms with Gasteiger partial charge in [-0.15, -0.1) is 4.91 Å². The molecule has 2 aromatic carbocycles. The Morgan fingerprint density at radius 2 is 1.24 bits per heavy atom. The van der Waals surface area contributed by atoms with Crippen LogP contribution in [-0.4, -0.2) is 37.2 Å². The van der Waals surface area contributed by atoms with E-state index in [9.17, 15) is 14.5 Å². The van der Waals surface area contributed by atoms with Crippen LogP contribution >= 0.6 is 0 Å². The highest BCUT2D eigenvalue weighted by Crippen LogP contribution is 2.28. The van der Waals surface area contributed by atoms with Crippen molar-refractivity contribution in [1.29, 1.82) is 0 Å². The Labute approximate surface area is 226 Å². The molecule has 0 aromatic heterocycles. The number of nitrogens with zero attached hydrogens (tertiary/aromatic N) is 2. The minimum atomic E-state index is -0.345. The summed E-state index contributed by atoms with van der Waals surface area (Å²) in [5.41, 5.74) is 2.94. The molecule has 0 spiro atoms. The largest absolute Gasteiger partial charge is 0.462 e. The van der Waals surface area contributed by atoms with Crippen molar-refractivity contribution in [3.05, 3.63) is 64.6 Å². The zero-order valence-corrected chi connectivity index (χ0v) is 22.7. The maximum absolute atomic E-state index is 11.6. The number of anilines is 2. The van der Waals surface area contributed by atoms with Crippen LogP contribution in [0.5, 0.6) is 0 Å². The van der Waals surface area contributed by atoms with E-state index in [1.54, 1.807) is 31.2 Å². The molecule has 0 unspecified atom stereocenters. The van der Waals surface area contributed by atoms with Crippen molar-refractivity contribution in [1.82, 2.24) is 0 Å². The van der Waals surface area contributed by atoms with Crippen LogP contribution in [0.1, 0.15) is 98.8 Å². The quantitative estimate of drug-likeness (QED) is 0.209. The van der Waals surface area contributed by atoms with Crippen molar-refractivity contribution in [2.75, 3.05) is 23.5 Å². The molecule has 0 atom stereocenters. The van der Waals surface area contributed by atoms with E-state index in [0.717, 1.165) is 37.1 Å². The topological polar surface area (TPSA) is 97.3 Å². The minimum Gasteiger partial charge on any atom is -0.462 e. The molecule has 8 heteroatoms. The fraction of sp³-hybridized carbons (Fsp3) is 0.533. The van der Waals surface area contributed by atoms with E-state index in [-0.39, 0.29) is 18.0 Å². The summed E-state index contributed by atoms with van der Waals surface area (Å²) in [5, 5.41) is 8.22. The number of nitrogens with one attached hydrogen (secondary N) is 1. The smallest absolute Gasteiger partial charge is 0.338 e. The first-order valence-electron chi connectivity index (χ1n) is 14.0. The SMILES string of the molecule is CCOC(=O)c1ccc(N(N=O)C2CCCCC2)cc1.CCOC(=O)c1ccc(NC2CCCCC2)cc1. The van der Waals surface area contributed by atoms with Crippen LogP contribution in [0.25, 0.3) is 0 Å². The number of ether oxygens (including phenoxy) is 2. The molecule has 0 amide bonds. The van der Waals surface area contributed by atoms with Crippen LogP contribution in [0.4, 0.5) is 11.4 Å². The van der Waals surface area contributed by atoms with E-state index in [4.69, 9.17) is 9.47 Å². The van der Waals surface area contributed by atoms with E-state index < -0.39 is 0 Å². The van der Waals surface area contributed by atoms with Gasteiger partial charge < -0.3 is 14.8 Å².